The van der Waals surface area contributed by atoms with Crippen LogP contribution in [0.4, 0.5) is 13.6 Å². The molecule has 1 heterocycles. The largest absolute Gasteiger partial charge is 0.505 e. The number of hydrogen-bond donors (Lipinski definition) is 2. The predicted octanol–water partition coefficient (Wildman–Crippen LogP) is 2.77. The molecule has 0 saturated carbocycles. The minimum atomic E-state index is -1.51. The van der Waals surface area contributed by atoms with Crippen LogP contribution in [-0.2, 0) is 4.74 Å². The van der Waals surface area contributed by atoms with Crippen LogP contribution in [0.5, 0.6) is 5.75 Å². The maximum absolute atomic E-state index is 14.2. The SMILES string of the molecule is CC(C)(C)OC(=O)N1CCN(C(=O)c2c(O)c(Cl)cc(F)c2F)[C@@H](CCO)C1. The first-order valence-corrected chi connectivity index (χ1v) is 9.10. The van der Waals surface area contributed by atoms with Gasteiger partial charge < -0.3 is 24.7 Å². The number of aliphatic hydroxyl groups is 1. The summed E-state index contributed by atoms with van der Waals surface area (Å²) in [7, 11) is 0. The number of halogens is 3. The van der Waals surface area contributed by atoms with E-state index in [1.54, 1.807) is 20.8 Å². The van der Waals surface area contributed by atoms with E-state index in [4.69, 9.17) is 16.3 Å². The third-order valence-corrected chi connectivity index (χ3v) is 4.51. The molecule has 7 nitrogen and oxygen atoms in total. The van der Waals surface area contributed by atoms with E-state index in [-0.39, 0.29) is 32.7 Å². The fourth-order valence-corrected chi connectivity index (χ4v) is 3.13. The molecule has 1 aliphatic rings. The molecule has 0 spiro atoms. The number of carbonyl (C=O) groups excluding carboxylic acids is 2. The number of carbonyl (C=O) groups is 2. The van der Waals surface area contributed by atoms with Crippen molar-refractivity contribution in [2.75, 3.05) is 26.2 Å². The first-order valence-electron chi connectivity index (χ1n) is 8.72. The first-order chi connectivity index (χ1) is 13.0. The van der Waals surface area contributed by atoms with E-state index in [1.165, 1.54) is 9.80 Å². The molecule has 2 rings (SSSR count). The lowest BCUT2D eigenvalue weighted by molar-refractivity contribution is 0.00157. The topological polar surface area (TPSA) is 90.3 Å². The molecular formula is C18H23ClF2N2O5. The van der Waals surface area contributed by atoms with Crippen molar-refractivity contribution in [1.82, 2.24) is 9.80 Å². The van der Waals surface area contributed by atoms with Gasteiger partial charge in [0.2, 0.25) is 0 Å². The Morgan fingerprint density at radius 3 is 2.54 bits per heavy atom. The molecule has 0 bridgehead atoms. The summed E-state index contributed by atoms with van der Waals surface area (Å²) in [6.45, 7) is 4.96. The van der Waals surface area contributed by atoms with Gasteiger partial charge in [0.15, 0.2) is 11.6 Å². The second-order valence-corrected chi connectivity index (χ2v) is 7.88. The number of benzene rings is 1. The molecular weight excluding hydrogens is 398 g/mol. The number of piperazine rings is 1. The first kappa shape index (κ1) is 22.2. The fraction of sp³-hybridized carbons (Fsp3) is 0.556. The summed E-state index contributed by atoms with van der Waals surface area (Å²) in [5.41, 5.74) is -1.58. The van der Waals surface area contributed by atoms with E-state index in [0.717, 1.165) is 0 Å². The number of phenolic OH excluding ortho intramolecular Hbond substituents is 1. The van der Waals surface area contributed by atoms with Crippen LogP contribution >= 0.6 is 11.6 Å². The molecule has 2 N–H and O–H groups in total. The van der Waals surface area contributed by atoms with Crippen molar-refractivity contribution in [2.24, 2.45) is 0 Å². The van der Waals surface area contributed by atoms with Crippen molar-refractivity contribution < 1.29 is 33.3 Å². The third kappa shape index (κ3) is 4.82. The molecule has 1 fully saturated rings. The molecule has 1 atom stereocenters. The van der Waals surface area contributed by atoms with E-state index >= 15 is 0 Å². The van der Waals surface area contributed by atoms with E-state index in [0.29, 0.717) is 6.07 Å². The summed E-state index contributed by atoms with van der Waals surface area (Å²) in [5.74, 6) is -4.71. The molecule has 0 aromatic heterocycles. The summed E-state index contributed by atoms with van der Waals surface area (Å²) in [6.07, 6.45) is -0.485. The van der Waals surface area contributed by atoms with E-state index in [1.807, 2.05) is 0 Å². The van der Waals surface area contributed by atoms with E-state index < -0.39 is 51.6 Å². The maximum atomic E-state index is 14.2. The van der Waals surface area contributed by atoms with Gasteiger partial charge in [-0.15, -0.1) is 0 Å². The van der Waals surface area contributed by atoms with Crippen molar-refractivity contribution in [3.05, 3.63) is 28.3 Å². The number of nitrogens with zero attached hydrogens (tertiary/aromatic N) is 2. The lowest BCUT2D eigenvalue weighted by atomic mass is 10.1. The smallest absolute Gasteiger partial charge is 0.410 e. The van der Waals surface area contributed by atoms with Crippen molar-refractivity contribution >= 4 is 23.6 Å². The predicted molar refractivity (Wildman–Crippen MR) is 97.4 cm³/mol. The highest BCUT2D eigenvalue weighted by Gasteiger charge is 2.37. The van der Waals surface area contributed by atoms with Gasteiger partial charge >= 0.3 is 6.09 Å². The molecule has 0 radical (unpaired) electrons. The number of rotatable bonds is 3. The quantitative estimate of drug-likeness (QED) is 0.734. The molecule has 1 aromatic rings. The second kappa shape index (κ2) is 8.48. The normalized spacial score (nSPS) is 17.6. The number of hydrogen-bond acceptors (Lipinski definition) is 5. The fourth-order valence-electron chi connectivity index (χ4n) is 2.94. The molecule has 0 unspecified atom stereocenters. The van der Waals surface area contributed by atoms with Gasteiger partial charge in [0.25, 0.3) is 5.91 Å². The Bertz CT molecular complexity index is 743. The Balaban J connectivity index is 2.27. The van der Waals surface area contributed by atoms with Crippen LogP contribution in [0.2, 0.25) is 5.02 Å². The van der Waals surface area contributed by atoms with Crippen LogP contribution < -0.4 is 0 Å². The number of amides is 2. The van der Waals surface area contributed by atoms with Gasteiger partial charge in [-0.2, -0.15) is 0 Å². The molecule has 156 valence electrons. The Kier molecular flexibility index (Phi) is 6.71. The van der Waals surface area contributed by atoms with Gasteiger partial charge in [-0.25, -0.2) is 13.6 Å². The zero-order valence-corrected chi connectivity index (χ0v) is 16.6. The zero-order valence-electron chi connectivity index (χ0n) is 15.8. The van der Waals surface area contributed by atoms with E-state index in [9.17, 15) is 28.6 Å². The summed E-state index contributed by atoms with van der Waals surface area (Å²) < 4.78 is 33.2. The monoisotopic (exact) mass is 420 g/mol. The summed E-state index contributed by atoms with van der Waals surface area (Å²) in [4.78, 5) is 27.7. The van der Waals surface area contributed by atoms with Gasteiger partial charge in [0, 0.05) is 26.2 Å². The number of aromatic hydroxyl groups is 1. The highest BCUT2D eigenvalue weighted by atomic mass is 35.5. The van der Waals surface area contributed by atoms with Crippen LogP contribution in [0.3, 0.4) is 0 Å². The minimum absolute atomic E-state index is 0.0181. The summed E-state index contributed by atoms with van der Waals surface area (Å²) >= 11 is 5.66. The molecule has 1 saturated heterocycles. The van der Waals surface area contributed by atoms with Crippen LogP contribution in [0.15, 0.2) is 6.07 Å². The summed E-state index contributed by atoms with van der Waals surface area (Å²) in [6, 6.07) is -0.103. The van der Waals surface area contributed by atoms with Crippen molar-refractivity contribution in [3.8, 4) is 5.75 Å². The van der Waals surface area contributed by atoms with Crippen LogP contribution in [0.1, 0.15) is 37.6 Å². The van der Waals surface area contributed by atoms with E-state index in [2.05, 4.69) is 0 Å². The second-order valence-electron chi connectivity index (χ2n) is 7.47. The van der Waals surface area contributed by atoms with Gasteiger partial charge in [-0.05, 0) is 33.3 Å². The third-order valence-electron chi connectivity index (χ3n) is 4.22. The van der Waals surface area contributed by atoms with Crippen molar-refractivity contribution in [3.63, 3.8) is 0 Å². The standard InChI is InChI=1S/C18H23ClF2N2O5/c1-18(2,3)28-17(27)22-5-6-23(10(9-22)4-7-24)16(26)13-14(21)12(20)8-11(19)15(13)25/h8,10,24-25H,4-7,9H2,1-3H3/t10-/m0/s1. The zero-order chi connectivity index (χ0) is 21.2. The Morgan fingerprint density at radius 1 is 1.32 bits per heavy atom. The minimum Gasteiger partial charge on any atom is -0.505 e. The lowest BCUT2D eigenvalue weighted by Crippen LogP contribution is -2.57. The average Bonchev–Trinajstić information content (AvgIpc) is 2.59. The molecule has 28 heavy (non-hydrogen) atoms. The lowest BCUT2D eigenvalue weighted by Gasteiger charge is -2.41. The van der Waals surface area contributed by atoms with Crippen LogP contribution in [0, 0.1) is 11.6 Å². The van der Waals surface area contributed by atoms with Gasteiger partial charge in [0.05, 0.1) is 11.1 Å². The van der Waals surface area contributed by atoms with Gasteiger partial charge in [-0.3, -0.25) is 4.79 Å². The Hall–Kier alpha value is -2.13. The van der Waals surface area contributed by atoms with Crippen LogP contribution in [0.25, 0.3) is 0 Å². The highest BCUT2D eigenvalue weighted by molar-refractivity contribution is 6.32. The molecule has 1 aromatic carbocycles. The highest BCUT2D eigenvalue weighted by Crippen LogP contribution is 2.33. The number of phenols is 1. The molecule has 10 heteroatoms. The maximum Gasteiger partial charge on any atom is 0.410 e. The van der Waals surface area contributed by atoms with Gasteiger partial charge in [0.1, 0.15) is 16.9 Å². The van der Waals surface area contributed by atoms with Crippen molar-refractivity contribution in [2.45, 2.75) is 38.8 Å². The Morgan fingerprint density at radius 2 is 1.96 bits per heavy atom. The molecule has 1 aliphatic heterocycles. The van der Waals surface area contributed by atoms with Crippen LogP contribution in [-0.4, -0.2) is 69.9 Å². The molecule has 0 aliphatic carbocycles. The summed E-state index contributed by atoms with van der Waals surface area (Å²) in [5, 5.41) is 18.8. The van der Waals surface area contributed by atoms with Gasteiger partial charge in [-0.1, -0.05) is 11.6 Å². The Labute approximate surface area is 166 Å². The van der Waals surface area contributed by atoms with Crippen molar-refractivity contribution in [1.29, 1.82) is 0 Å². The average molecular weight is 421 g/mol. The number of aliphatic hydroxyl groups excluding tert-OH is 1. The number of ether oxygens (including phenoxy) is 1. The molecule has 2 amide bonds.